The van der Waals surface area contributed by atoms with Crippen molar-refractivity contribution in [1.82, 2.24) is 4.90 Å². The topological polar surface area (TPSA) is 51.2 Å². The first-order valence-electron chi connectivity index (χ1n) is 8.29. The van der Waals surface area contributed by atoms with Gasteiger partial charge in [-0.2, -0.15) is 0 Å². The van der Waals surface area contributed by atoms with Gasteiger partial charge in [0.15, 0.2) is 23.0 Å². The monoisotopic (exact) mass is 361 g/mol. The fraction of sp³-hybridized carbons (Fsp3) is 0.368. The standard InChI is InChI=1S/C19H19NO4.ClH/c1-22-16-3-2-11-6-15-13-8-18-17(23-10-24-18)7-12(13)4-5-20(15)9-14(11)19(16)21;/h2-3,7-8,15,21H,4-6,9-10H2,1H3;1H. The largest absolute Gasteiger partial charge is 0.504 e. The van der Waals surface area contributed by atoms with E-state index < -0.39 is 0 Å². The fourth-order valence-electron chi connectivity index (χ4n) is 4.17. The van der Waals surface area contributed by atoms with Gasteiger partial charge in [0, 0.05) is 24.7 Å². The summed E-state index contributed by atoms with van der Waals surface area (Å²) in [6.45, 7) is 2.04. The lowest BCUT2D eigenvalue weighted by molar-refractivity contribution is 0.157. The Morgan fingerprint density at radius 3 is 2.76 bits per heavy atom. The molecule has 3 aliphatic rings. The molecule has 1 atom stereocenters. The Labute approximate surface area is 152 Å². The van der Waals surface area contributed by atoms with Crippen LogP contribution in [-0.4, -0.2) is 30.5 Å². The second-order valence-electron chi connectivity index (χ2n) is 6.60. The summed E-state index contributed by atoms with van der Waals surface area (Å²) in [7, 11) is 1.59. The molecule has 3 aliphatic heterocycles. The summed E-state index contributed by atoms with van der Waals surface area (Å²) in [6, 6.07) is 8.53. The minimum Gasteiger partial charge on any atom is -0.504 e. The van der Waals surface area contributed by atoms with Crippen LogP contribution < -0.4 is 14.2 Å². The van der Waals surface area contributed by atoms with Crippen LogP contribution in [-0.2, 0) is 19.4 Å². The van der Waals surface area contributed by atoms with E-state index in [-0.39, 0.29) is 18.2 Å². The van der Waals surface area contributed by atoms with Gasteiger partial charge in [-0.3, -0.25) is 4.90 Å². The summed E-state index contributed by atoms with van der Waals surface area (Å²) < 4.78 is 16.3. The van der Waals surface area contributed by atoms with E-state index in [0.29, 0.717) is 18.6 Å². The van der Waals surface area contributed by atoms with Gasteiger partial charge < -0.3 is 19.3 Å². The van der Waals surface area contributed by atoms with Gasteiger partial charge >= 0.3 is 0 Å². The van der Waals surface area contributed by atoms with Crippen LogP contribution in [0.25, 0.3) is 0 Å². The summed E-state index contributed by atoms with van der Waals surface area (Å²) in [5.41, 5.74) is 4.86. The number of ether oxygens (including phenoxy) is 3. The van der Waals surface area contributed by atoms with Crippen LogP contribution in [0.4, 0.5) is 0 Å². The van der Waals surface area contributed by atoms with Crippen molar-refractivity contribution in [2.45, 2.75) is 25.4 Å². The third-order valence-electron chi connectivity index (χ3n) is 5.44. The number of nitrogens with zero attached hydrogens (tertiary/aromatic N) is 1. The number of phenolic OH excluding ortho intramolecular Hbond substituents is 1. The molecule has 0 saturated heterocycles. The normalized spacial score (nSPS) is 20.1. The molecule has 25 heavy (non-hydrogen) atoms. The third kappa shape index (κ3) is 2.41. The van der Waals surface area contributed by atoms with Gasteiger partial charge in [0.05, 0.1) is 7.11 Å². The molecule has 132 valence electrons. The SMILES string of the molecule is COc1ccc2c(c1O)CN1CCc3cc4c(cc3C1C2)OCO4.Cl. The van der Waals surface area contributed by atoms with Crippen LogP contribution in [0.5, 0.6) is 23.0 Å². The van der Waals surface area contributed by atoms with E-state index in [0.717, 1.165) is 43.0 Å². The Morgan fingerprint density at radius 2 is 1.96 bits per heavy atom. The number of fused-ring (bicyclic) bond motifs is 5. The quantitative estimate of drug-likeness (QED) is 0.845. The number of rotatable bonds is 1. The smallest absolute Gasteiger partial charge is 0.231 e. The van der Waals surface area contributed by atoms with E-state index in [4.69, 9.17) is 14.2 Å². The van der Waals surface area contributed by atoms with Crippen LogP contribution in [0.2, 0.25) is 0 Å². The molecule has 2 aromatic carbocycles. The molecule has 0 amide bonds. The van der Waals surface area contributed by atoms with Crippen LogP contribution in [0.15, 0.2) is 24.3 Å². The minimum atomic E-state index is 0. The molecule has 1 unspecified atom stereocenters. The van der Waals surface area contributed by atoms with Crippen LogP contribution in [0.1, 0.15) is 28.3 Å². The summed E-state index contributed by atoms with van der Waals surface area (Å²) in [5, 5.41) is 10.5. The predicted octanol–water partition coefficient (Wildman–Crippen LogP) is 3.21. The Bertz CT molecular complexity index is 839. The third-order valence-corrected chi connectivity index (χ3v) is 5.44. The first kappa shape index (κ1) is 16.4. The van der Waals surface area contributed by atoms with Crippen molar-refractivity contribution in [1.29, 1.82) is 0 Å². The number of aromatic hydroxyl groups is 1. The summed E-state index contributed by atoms with van der Waals surface area (Å²) in [6.07, 6.45) is 1.88. The van der Waals surface area contributed by atoms with Gasteiger partial charge in [0.1, 0.15) is 0 Å². The number of benzene rings is 2. The van der Waals surface area contributed by atoms with Crippen molar-refractivity contribution in [3.05, 3.63) is 46.5 Å². The summed E-state index contributed by atoms with van der Waals surface area (Å²) in [4.78, 5) is 2.44. The van der Waals surface area contributed by atoms with Gasteiger partial charge in [0.2, 0.25) is 6.79 Å². The number of methoxy groups -OCH3 is 1. The molecule has 0 aliphatic carbocycles. The average Bonchev–Trinajstić information content (AvgIpc) is 3.06. The number of phenols is 1. The molecular weight excluding hydrogens is 342 g/mol. The zero-order chi connectivity index (χ0) is 16.3. The molecule has 0 bridgehead atoms. The van der Waals surface area contributed by atoms with Crippen molar-refractivity contribution >= 4 is 12.4 Å². The van der Waals surface area contributed by atoms with Crippen molar-refractivity contribution in [2.24, 2.45) is 0 Å². The van der Waals surface area contributed by atoms with Gasteiger partial charge in [-0.25, -0.2) is 0 Å². The maximum Gasteiger partial charge on any atom is 0.231 e. The van der Waals surface area contributed by atoms with Crippen molar-refractivity contribution in [3.63, 3.8) is 0 Å². The lowest BCUT2D eigenvalue weighted by Crippen LogP contribution is -2.39. The Kier molecular flexibility index (Phi) is 3.93. The summed E-state index contributed by atoms with van der Waals surface area (Å²) in [5.74, 6) is 2.54. The van der Waals surface area contributed by atoms with E-state index in [2.05, 4.69) is 23.1 Å². The molecule has 3 heterocycles. The van der Waals surface area contributed by atoms with Crippen LogP contribution in [0.3, 0.4) is 0 Å². The molecular formula is C19H20ClNO4. The molecule has 0 spiro atoms. The molecule has 0 aromatic heterocycles. The van der Waals surface area contributed by atoms with E-state index in [9.17, 15) is 5.11 Å². The molecule has 5 nitrogen and oxygen atoms in total. The number of hydrogen-bond acceptors (Lipinski definition) is 5. The Balaban J connectivity index is 0.00000157. The van der Waals surface area contributed by atoms with Gasteiger partial charge in [-0.05, 0) is 47.7 Å². The Hall–Kier alpha value is -2.11. The van der Waals surface area contributed by atoms with Gasteiger partial charge in [-0.1, -0.05) is 6.07 Å². The van der Waals surface area contributed by atoms with E-state index >= 15 is 0 Å². The molecule has 0 radical (unpaired) electrons. The second-order valence-corrected chi connectivity index (χ2v) is 6.60. The maximum absolute atomic E-state index is 10.5. The highest BCUT2D eigenvalue weighted by molar-refractivity contribution is 5.85. The maximum atomic E-state index is 10.5. The van der Waals surface area contributed by atoms with Gasteiger partial charge in [0.25, 0.3) is 0 Å². The highest BCUT2D eigenvalue weighted by Crippen LogP contribution is 2.46. The molecule has 0 fully saturated rings. The van der Waals surface area contributed by atoms with E-state index in [1.807, 2.05) is 6.07 Å². The van der Waals surface area contributed by atoms with Crippen LogP contribution >= 0.6 is 12.4 Å². The Morgan fingerprint density at radius 1 is 1.16 bits per heavy atom. The molecule has 0 saturated carbocycles. The van der Waals surface area contributed by atoms with Crippen molar-refractivity contribution < 1.29 is 19.3 Å². The van der Waals surface area contributed by atoms with E-state index in [1.54, 1.807) is 7.11 Å². The highest BCUT2D eigenvalue weighted by atomic mass is 35.5. The first-order valence-corrected chi connectivity index (χ1v) is 8.29. The average molecular weight is 362 g/mol. The van der Waals surface area contributed by atoms with E-state index in [1.165, 1.54) is 16.7 Å². The molecule has 5 rings (SSSR count). The first-order chi connectivity index (χ1) is 11.7. The highest BCUT2D eigenvalue weighted by Gasteiger charge is 2.35. The fourth-order valence-corrected chi connectivity index (χ4v) is 4.17. The van der Waals surface area contributed by atoms with Crippen molar-refractivity contribution in [2.75, 3.05) is 20.4 Å². The minimum absolute atomic E-state index is 0. The zero-order valence-corrected chi connectivity index (χ0v) is 14.8. The summed E-state index contributed by atoms with van der Waals surface area (Å²) >= 11 is 0. The molecule has 2 aromatic rings. The molecule has 6 heteroatoms. The lowest BCUT2D eigenvalue weighted by atomic mass is 9.83. The second kappa shape index (κ2) is 6.00. The van der Waals surface area contributed by atoms with Crippen LogP contribution in [0, 0.1) is 0 Å². The number of halogens is 1. The zero-order valence-electron chi connectivity index (χ0n) is 13.9. The molecule has 1 N–H and O–H groups in total. The van der Waals surface area contributed by atoms with Gasteiger partial charge in [-0.15, -0.1) is 12.4 Å². The predicted molar refractivity (Wildman–Crippen MR) is 95.0 cm³/mol. The lowest BCUT2D eigenvalue weighted by Gasteiger charge is -2.41. The number of hydrogen-bond donors (Lipinski definition) is 1. The van der Waals surface area contributed by atoms with Crippen molar-refractivity contribution in [3.8, 4) is 23.0 Å².